The van der Waals surface area contributed by atoms with Gasteiger partial charge in [0, 0.05) is 6.61 Å². The summed E-state index contributed by atoms with van der Waals surface area (Å²) in [4.78, 5) is 4.42. The zero-order chi connectivity index (χ0) is 15.2. The largest absolute Gasteiger partial charge is 0.370 e. The lowest BCUT2D eigenvalue weighted by atomic mass is 10.1. The molecule has 0 aliphatic rings. The molecule has 21 heavy (non-hydrogen) atoms. The molecule has 1 heterocycles. The average Bonchev–Trinajstić information content (AvgIpc) is 2.93. The van der Waals surface area contributed by atoms with Crippen molar-refractivity contribution in [3.05, 3.63) is 47.1 Å². The summed E-state index contributed by atoms with van der Waals surface area (Å²) in [7, 11) is 0. The number of ether oxygens (including phenoxy) is 1. The van der Waals surface area contributed by atoms with Crippen molar-refractivity contribution in [2.75, 3.05) is 6.61 Å². The number of hydrogen-bond donors (Lipinski definition) is 0. The summed E-state index contributed by atoms with van der Waals surface area (Å²) in [6, 6.07) is 9.45. The second kappa shape index (κ2) is 7.00. The topological polar surface area (TPSA) is 71.9 Å². The van der Waals surface area contributed by atoms with Gasteiger partial charge in [-0.05, 0) is 30.5 Å². The summed E-state index contributed by atoms with van der Waals surface area (Å²) in [5.74, 6) is 1.43. The van der Waals surface area contributed by atoms with Crippen molar-refractivity contribution < 1.29 is 9.26 Å². The highest BCUT2D eigenvalue weighted by Gasteiger charge is 2.22. The lowest BCUT2D eigenvalue weighted by Gasteiger charge is -2.16. The molecule has 2 rings (SSSR count). The van der Waals surface area contributed by atoms with E-state index in [2.05, 4.69) is 30.1 Å². The standard InChI is InChI=1S/C16H19N3O2/c1-4-20-15(11(2)3)16-18-14(21-19-16)9-12-5-7-13(10-17)8-6-12/h5-8,11,15H,4,9H2,1-3H3. The van der Waals surface area contributed by atoms with Gasteiger partial charge in [-0.1, -0.05) is 31.1 Å². The van der Waals surface area contributed by atoms with Crippen LogP contribution in [0.15, 0.2) is 28.8 Å². The van der Waals surface area contributed by atoms with E-state index in [0.29, 0.717) is 30.3 Å². The molecule has 0 saturated heterocycles. The normalized spacial score (nSPS) is 12.3. The molecule has 0 N–H and O–H groups in total. The van der Waals surface area contributed by atoms with Gasteiger partial charge in [-0.15, -0.1) is 0 Å². The van der Waals surface area contributed by atoms with Crippen molar-refractivity contribution in [2.24, 2.45) is 5.92 Å². The summed E-state index contributed by atoms with van der Waals surface area (Å²) >= 11 is 0. The number of nitriles is 1. The van der Waals surface area contributed by atoms with Gasteiger partial charge in [0.2, 0.25) is 11.7 Å². The van der Waals surface area contributed by atoms with E-state index in [-0.39, 0.29) is 12.0 Å². The van der Waals surface area contributed by atoms with Crippen LogP contribution in [-0.2, 0) is 11.2 Å². The Hall–Kier alpha value is -2.19. The third-order valence-electron chi connectivity index (χ3n) is 3.13. The van der Waals surface area contributed by atoms with E-state index in [9.17, 15) is 0 Å². The van der Waals surface area contributed by atoms with Gasteiger partial charge >= 0.3 is 0 Å². The molecule has 5 heteroatoms. The predicted octanol–water partition coefficient (Wildman–Crippen LogP) is 3.27. The van der Waals surface area contributed by atoms with Gasteiger partial charge in [-0.25, -0.2) is 0 Å². The van der Waals surface area contributed by atoms with Crippen LogP contribution in [0, 0.1) is 17.2 Å². The van der Waals surface area contributed by atoms with Crippen molar-refractivity contribution in [3.63, 3.8) is 0 Å². The zero-order valence-corrected chi connectivity index (χ0v) is 12.5. The Bertz CT molecular complexity index is 611. The van der Waals surface area contributed by atoms with Gasteiger partial charge in [0.25, 0.3) is 0 Å². The van der Waals surface area contributed by atoms with Crippen LogP contribution in [0.1, 0.15) is 49.7 Å². The maximum atomic E-state index is 8.78. The molecule has 0 spiro atoms. The van der Waals surface area contributed by atoms with E-state index in [0.717, 1.165) is 5.56 Å². The van der Waals surface area contributed by atoms with Crippen LogP contribution in [0.5, 0.6) is 0 Å². The molecule has 0 saturated carbocycles. The fourth-order valence-corrected chi connectivity index (χ4v) is 2.07. The summed E-state index contributed by atoms with van der Waals surface area (Å²) in [6.45, 7) is 6.70. The first-order valence-corrected chi connectivity index (χ1v) is 7.07. The minimum absolute atomic E-state index is 0.145. The fraction of sp³-hybridized carbons (Fsp3) is 0.438. The SMILES string of the molecule is CCOC(c1noc(Cc2ccc(C#N)cc2)n1)C(C)C. The number of nitrogens with zero attached hydrogens (tertiary/aromatic N) is 3. The molecule has 5 nitrogen and oxygen atoms in total. The molecule has 2 aromatic rings. The summed E-state index contributed by atoms with van der Waals surface area (Å²) in [5.41, 5.74) is 1.67. The lowest BCUT2D eigenvalue weighted by Crippen LogP contribution is -2.12. The highest BCUT2D eigenvalue weighted by molar-refractivity contribution is 5.32. The fourth-order valence-electron chi connectivity index (χ4n) is 2.07. The van der Waals surface area contributed by atoms with Crippen LogP contribution >= 0.6 is 0 Å². The molecule has 0 aliphatic carbocycles. The maximum Gasteiger partial charge on any atom is 0.231 e. The predicted molar refractivity (Wildman–Crippen MR) is 77.5 cm³/mol. The van der Waals surface area contributed by atoms with Crippen molar-refractivity contribution >= 4 is 0 Å². The highest BCUT2D eigenvalue weighted by Crippen LogP contribution is 2.23. The summed E-state index contributed by atoms with van der Waals surface area (Å²) in [6.07, 6.45) is 0.406. The molecule has 1 aromatic heterocycles. The van der Waals surface area contributed by atoms with E-state index in [4.69, 9.17) is 14.5 Å². The zero-order valence-electron chi connectivity index (χ0n) is 12.5. The van der Waals surface area contributed by atoms with Crippen LogP contribution in [-0.4, -0.2) is 16.7 Å². The second-order valence-corrected chi connectivity index (χ2v) is 5.15. The molecule has 1 unspecified atom stereocenters. The molecule has 0 fully saturated rings. The van der Waals surface area contributed by atoms with E-state index in [1.807, 2.05) is 19.1 Å². The van der Waals surface area contributed by atoms with Gasteiger partial charge in [0.15, 0.2) is 0 Å². The quantitative estimate of drug-likeness (QED) is 0.814. The smallest absolute Gasteiger partial charge is 0.231 e. The molecule has 1 aromatic carbocycles. The van der Waals surface area contributed by atoms with Crippen LogP contribution in [0.3, 0.4) is 0 Å². The summed E-state index contributed by atoms with van der Waals surface area (Å²) in [5, 5.41) is 12.8. The number of aromatic nitrogens is 2. The number of benzene rings is 1. The Morgan fingerprint density at radius 2 is 2.00 bits per heavy atom. The average molecular weight is 285 g/mol. The van der Waals surface area contributed by atoms with Crippen LogP contribution in [0.25, 0.3) is 0 Å². The van der Waals surface area contributed by atoms with Gasteiger partial charge in [0.05, 0.1) is 18.1 Å². The Labute approximate surface area is 124 Å². The van der Waals surface area contributed by atoms with Crippen LogP contribution in [0.4, 0.5) is 0 Å². The second-order valence-electron chi connectivity index (χ2n) is 5.15. The first kappa shape index (κ1) is 15.2. The lowest BCUT2D eigenvalue weighted by molar-refractivity contribution is 0.0217. The molecule has 110 valence electrons. The summed E-state index contributed by atoms with van der Waals surface area (Å²) < 4.78 is 11.0. The number of hydrogen-bond acceptors (Lipinski definition) is 5. The first-order valence-electron chi connectivity index (χ1n) is 7.07. The van der Waals surface area contributed by atoms with Crippen molar-refractivity contribution in [3.8, 4) is 6.07 Å². The van der Waals surface area contributed by atoms with E-state index >= 15 is 0 Å². The Balaban J connectivity index is 2.10. The van der Waals surface area contributed by atoms with Gasteiger partial charge in [-0.3, -0.25) is 0 Å². The number of rotatable bonds is 6. The molecule has 0 bridgehead atoms. The van der Waals surface area contributed by atoms with E-state index < -0.39 is 0 Å². The van der Waals surface area contributed by atoms with Gasteiger partial charge < -0.3 is 9.26 Å². The van der Waals surface area contributed by atoms with E-state index in [1.54, 1.807) is 12.1 Å². The Morgan fingerprint density at radius 1 is 1.29 bits per heavy atom. The molecular formula is C16H19N3O2. The molecular weight excluding hydrogens is 266 g/mol. The van der Waals surface area contributed by atoms with E-state index in [1.165, 1.54) is 0 Å². The van der Waals surface area contributed by atoms with Crippen LogP contribution in [0.2, 0.25) is 0 Å². The maximum absolute atomic E-state index is 8.78. The third kappa shape index (κ3) is 3.89. The Kier molecular flexibility index (Phi) is 5.07. The first-order chi connectivity index (χ1) is 10.1. The van der Waals surface area contributed by atoms with Crippen molar-refractivity contribution in [1.29, 1.82) is 5.26 Å². The minimum Gasteiger partial charge on any atom is -0.370 e. The Morgan fingerprint density at radius 3 is 2.57 bits per heavy atom. The monoisotopic (exact) mass is 285 g/mol. The molecule has 0 aliphatic heterocycles. The minimum atomic E-state index is -0.145. The van der Waals surface area contributed by atoms with Gasteiger partial charge in [-0.2, -0.15) is 10.2 Å². The molecule has 1 atom stereocenters. The molecule has 0 amide bonds. The molecule has 0 radical (unpaired) electrons. The van der Waals surface area contributed by atoms with Gasteiger partial charge in [0.1, 0.15) is 6.10 Å². The third-order valence-corrected chi connectivity index (χ3v) is 3.13. The highest BCUT2D eigenvalue weighted by atomic mass is 16.5. The van der Waals surface area contributed by atoms with Crippen LogP contribution < -0.4 is 0 Å². The van der Waals surface area contributed by atoms with Crippen molar-refractivity contribution in [1.82, 2.24) is 10.1 Å². The van der Waals surface area contributed by atoms with Crippen molar-refractivity contribution in [2.45, 2.75) is 33.3 Å².